The molecule has 0 aliphatic carbocycles. The van der Waals surface area contributed by atoms with Crippen LogP contribution >= 0.6 is 0 Å². The fourth-order valence-electron chi connectivity index (χ4n) is 4.67. The zero-order valence-electron chi connectivity index (χ0n) is 22.1. The molecule has 9 nitrogen and oxygen atoms in total. The third kappa shape index (κ3) is 5.06. The zero-order valence-corrected chi connectivity index (χ0v) is 22.1. The normalized spacial score (nSPS) is 14.2. The van der Waals surface area contributed by atoms with E-state index in [0.29, 0.717) is 45.5 Å². The average molecular weight is 524 g/mol. The molecule has 2 heterocycles. The Kier molecular flexibility index (Phi) is 7.05. The van der Waals surface area contributed by atoms with Crippen LogP contribution in [0, 0.1) is 6.92 Å². The van der Waals surface area contributed by atoms with E-state index in [-0.39, 0.29) is 11.8 Å². The second-order valence-corrected chi connectivity index (χ2v) is 9.17. The molecular formula is C30H29N5O4. The highest BCUT2D eigenvalue weighted by Gasteiger charge is 2.35. The van der Waals surface area contributed by atoms with Crippen molar-refractivity contribution < 1.29 is 19.1 Å². The number of anilines is 3. The number of fused-ring (bicyclic) bond motifs is 1. The molecule has 4 aromatic rings. The number of aryl methyl sites for hydroxylation is 1. The van der Waals surface area contributed by atoms with Crippen LogP contribution in [0.15, 0.2) is 90.3 Å². The minimum absolute atomic E-state index is 0.308. The van der Waals surface area contributed by atoms with Crippen LogP contribution in [0.1, 0.15) is 34.5 Å². The summed E-state index contributed by atoms with van der Waals surface area (Å²) < 4.78 is 12.4. The van der Waals surface area contributed by atoms with Crippen molar-refractivity contribution >= 4 is 29.0 Å². The number of carbonyl (C=O) groups is 2. The van der Waals surface area contributed by atoms with Crippen molar-refractivity contribution in [2.75, 3.05) is 30.2 Å². The van der Waals surface area contributed by atoms with Gasteiger partial charge in [0.15, 0.2) is 0 Å². The number of aromatic nitrogens is 2. The molecule has 5 rings (SSSR count). The minimum Gasteiger partial charge on any atom is -0.497 e. The monoisotopic (exact) mass is 523 g/mol. The number of hydrogen-bond acceptors (Lipinski definition) is 6. The fourth-order valence-corrected chi connectivity index (χ4v) is 4.67. The number of para-hydroxylation sites is 2. The summed E-state index contributed by atoms with van der Waals surface area (Å²) in [4.78, 5) is 27.1. The van der Waals surface area contributed by atoms with Crippen LogP contribution in [-0.2, 0) is 4.79 Å². The number of benzene rings is 3. The molecule has 198 valence electrons. The van der Waals surface area contributed by atoms with Crippen LogP contribution < -0.4 is 25.4 Å². The van der Waals surface area contributed by atoms with Gasteiger partial charge in [-0.25, -0.2) is 4.68 Å². The molecule has 3 aromatic carbocycles. The Morgan fingerprint density at radius 1 is 0.897 bits per heavy atom. The maximum Gasteiger partial charge on any atom is 0.261 e. The zero-order chi connectivity index (χ0) is 27.5. The molecule has 1 atom stereocenters. The molecule has 1 aromatic heterocycles. The molecule has 9 heteroatoms. The summed E-state index contributed by atoms with van der Waals surface area (Å²) in [6, 6.07) is 21.6. The number of methoxy groups -OCH3 is 2. The predicted octanol–water partition coefficient (Wildman–Crippen LogP) is 5.39. The van der Waals surface area contributed by atoms with E-state index in [2.05, 4.69) is 21.0 Å². The summed E-state index contributed by atoms with van der Waals surface area (Å²) in [7, 11) is 3.15. The maximum atomic E-state index is 13.8. The van der Waals surface area contributed by atoms with Crippen LogP contribution in [0.5, 0.6) is 11.5 Å². The topological polar surface area (TPSA) is 107 Å². The van der Waals surface area contributed by atoms with Gasteiger partial charge in [-0.05, 0) is 61.4 Å². The minimum atomic E-state index is -0.609. The van der Waals surface area contributed by atoms with Crippen LogP contribution in [0.4, 0.5) is 17.2 Å². The molecule has 2 amide bonds. The summed E-state index contributed by atoms with van der Waals surface area (Å²) in [5.74, 6) is 1.10. The van der Waals surface area contributed by atoms with Crippen molar-refractivity contribution in [1.29, 1.82) is 0 Å². The van der Waals surface area contributed by atoms with Crippen molar-refractivity contribution in [1.82, 2.24) is 9.78 Å². The summed E-state index contributed by atoms with van der Waals surface area (Å²) in [5.41, 5.74) is 4.48. The van der Waals surface area contributed by atoms with Gasteiger partial charge in [0.2, 0.25) is 0 Å². The summed E-state index contributed by atoms with van der Waals surface area (Å²) >= 11 is 0. The van der Waals surface area contributed by atoms with Crippen molar-refractivity contribution in [2.45, 2.75) is 19.9 Å². The van der Waals surface area contributed by atoms with E-state index >= 15 is 0 Å². The molecule has 3 N–H and O–H groups in total. The van der Waals surface area contributed by atoms with Gasteiger partial charge in [0.1, 0.15) is 28.9 Å². The Balaban J connectivity index is 1.55. The highest BCUT2D eigenvalue weighted by atomic mass is 16.5. The first-order chi connectivity index (χ1) is 18.9. The second kappa shape index (κ2) is 10.7. The summed E-state index contributed by atoms with van der Waals surface area (Å²) in [6.45, 7) is 3.77. The van der Waals surface area contributed by atoms with Crippen molar-refractivity contribution in [3.8, 4) is 11.5 Å². The van der Waals surface area contributed by atoms with Crippen molar-refractivity contribution in [3.05, 3.63) is 107 Å². The van der Waals surface area contributed by atoms with E-state index in [1.54, 1.807) is 31.0 Å². The van der Waals surface area contributed by atoms with Gasteiger partial charge in [-0.2, -0.15) is 5.10 Å². The van der Waals surface area contributed by atoms with Crippen LogP contribution in [-0.4, -0.2) is 35.8 Å². The molecule has 39 heavy (non-hydrogen) atoms. The quantitative estimate of drug-likeness (QED) is 0.300. The summed E-state index contributed by atoms with van der Waals surface area (Å²) in [6.07, 6.45) is 1.51. The van der Waals surface area contributed by atoms with E-state index in [9.17, 15) is 9.59 Å². The molecule has 0 spiro atoms. The first-order valence-electron chi connectivity index (χ1n) is 12.4. The lowest BCUT2D eigenvalue weighted by Gasteiger charge is -2.30. The summed E-state index contributed by atoms with van der Waals surface area (Å²) in [5, 5.41) is 13.7. The Bertz CT molecular complexity index is 1570. The van der Waals surface area contributed by atoms with Crippen LogP contribution in [0.2, 0.25) is 0 Å². The third-order valence-corrected chi connectivity index (χ3v) is 6.58. The number of ether oxygens (including phenoxy) is 2. The largest absolute Gasteiger partial charge is 0.497 e. The van der Waals surface area contributed by atoms with Gasteiger partial charge in [0, 0.05) is 11.4 Å². The third-order valence-electron chi connectivity index (χ3n) is 6.58. The molecule has 0 bridgehead atoms. The van der Waals surface area contributed by atoms with E-state index in [1.807, 2.05) is 74.5 Å². The number of nitrogens with one attached hydrogen (secondary N) is 3. The number of carbonyl (C=O) groups excluding carboxylic acids is 2. The molecule has 0 fully saturated rings. The Morgan fingerprint density at radius 3 is 2.38 bits per heavy atom. The standard InChI is InChI=1S/C30H29N5O4/c1-18-8-7-9-21(16-18)33-29(36)23-17-31-35-27(20-12-14-22(38-3)15-13-20)26(19(2)32-28(23)35)30(37)34-24-10-5-6-11-25(24)39-4/h5-17,27,32H,1-4H3,(H,33,36)(H,34,37)/t27-/m1/s1. The first kappa shape index (κ1) is 25.6. The lowest BCUT2D eigenvalue weighted by atomic mass is 9.94. The fraction of sp³-hybridized carbons (Fsp3) is 0.167. The molecular weight excluding hydrogens is 494 g/mol. The Hall–Kier alpha value is -5.05. The number of hydrogen-bond donors (Lipinski definition) is 3. The van der Waals surface area contributed by atoms with Gasteiger partial charge in [-0.1, -0.05) is 36.4 Å². The smallest absolute Gasteiger partial charge is 0.261 e. The molecule has 1 aliphatic rings. The Morgan fingerprint density at radius 2 is 1.67 bits per heavy atom. The van der Waals surface area contributed by atoms with E-state index in [1.165, 1.54) is 6.20 Å². The number of amides is 2. The Labute approximate surface area is 226 Å². The number of allylic oxidation sites excluding steroid dienone is 1. The predicted molar refractivity (Wildman–Crippen MR) is 150 cm³/mol. The number of nitrogens with zero attached hydrogens (tertiary/aromatic N) is 2. The molecule has 0 saturated carbocycles. The van der Waals surface area contributed by atoms with E-state index in [4.69, 9.17) is 9.47 Å². The van der Waals surface area contributed by atoms with Gasteiger partial charge in [0.25, 0.3) is 11.8 Å². The lowest BCUT2D eigenvalue weighted by Crippen LogP contribution is -2.32. The second-order valence-electron chi connectivity index (χ2n) is 9.17. The van der Waals surface area contributed by atoms with Crippen LogP contribution in [0.25, 0.3) is 0 Å². The van der Waals surface area contributed by atoms with Gasteiger partial charge in [-0.3, -0.25) is 9.59 Å². The lowest BCUT2D eigenvalue weighted by molar-refractivity contribution is -0.113. The number of rotatable bonds is 7. The van der Waals surface area contributed by atoms with Gasteiger partial charge in [-0.15, -0.1) is 0 Å². The van der Waals surface area contributed by atoms with Gasteiger partial charge in [0.05, 0.1) is 31.7 Å². The van der Waals surface area contributed by atoms with Gasteiger partial charge >= 0.3 is 0 Å². The van der Waals surface area contributed by atoms with Crippen LogP contribution in [0.3, 0.4) is 0 Å². The maximum absolute atomic E-state index is 13.8. The van der Waals surface area contributed by atoms with Crippen molar-refractivity contribution in [3.63, 3.8) is 0 Å². The van der Waals surface area contributed by atoms with E-state index < -0.39 is 6.04 Å². The van der Waals surface area contributed by atoms with Crippen molar-refractivity contribution in [2.24, 2.45) is 0 Å². The molecule has 1 aliphatic heterocycles. The molecule has 0 saturated heterocycles. The molecule has 0 radical (unpaired) electrons. The highest BCUT2D eigenvalue weighted by molar-refractivity contribution is 6.09. The first-order valence-corrected chi connectivity index (χ1v) is 12.4. The van der Waals surface area contributed by atoms with Gasteiger partial charge < -0.3 is 25.4 Å². The average Bonchev–Trinajstić information content (AvgIpc) is 3.36. The molecule has 0 unspecified atom stereocenters. The van der Waals surface area contributed by atoms with E-state index in [0.717, 1.165) is 11.1 Å². The SMILES string of the molecule is COc1ccc([C@@H]2C(C(=O)Nc3ccccc3OC)=C(C)Nc3c(C(=O)Nc4cccc(C)c4)cnn32)cc1. The highest BCUT2D eigenvalue weighted by Crippen LogP contribution is 2.39.